The van der Waals surface area contributed by atoms with Crippen LogP contribution in [-0.4, -0.2) is 44.6 Å². The van der Waals surface area contributed by atoms with E-state index in [1.54, 1.807) is 4.98 Å². The molecule has 108 valence electrons. The molecule has 10 nitrogen and oxygen atoms in total. The molecule has 1 aromatic heterocycles. The smallest absolute Gasteiger partial charge is 0.330 e. The van der Waals surface area contributed by atoms with Gasteiger partial charge in [0.1, 0.15) is 18.4 Å². The monoisotopic (exact) mass is 287 g/mol. The van der Waals surface area contributed by atoms with Crippen molar-refractivity contribution >= 4 is 0 Å². The van der Waals surface area contributed by atoms with E-state index in [1.807, 2.05) is 0 Å². The lowest BCUT2D eigenvalue weighted by Crippen LogP contribution is -2.38. The number of azide groups is 1. The van der Waals surface area contributed by atoms with Gasteiger partial charge in [0.15, 0.2) is 0 Å². The van der Waals surface area contributed by atoms with Crippen molar-refractivity contribution in [2.45, 2.75) is 24.5 Å². The summed E-state index contributed by atoms with van der Waals surface area (Å²) in [5.41, 5.74) is 6.25. The van der Waals surface area contributed by atoms with E-state index >= 15 is 0 Å². The van der Waals surface area contributed by atoms with Crippen LogP contribution in [0.1, 0.15) is 6.23 Å². The van der Waals surface area contributed by atoms with E-state index < -0.39 is 48.2 Å². The zero-order valence-corrected chi connectivity index (χ0v) is 9.88. The Labute approximate surface area is 109 Å². The SMILES string of the molecule is [N-]=[N+]=N[C@@H]1[C@H](O)[C@@H](CO)O[C@H]1n1cc(F)c(=O)[nH]c1=O. The Morgan fingerprint density at radius 1 is 1.60 bits per heavy atom. The summed E-state index contributed by atoms with van der Waals surface area (Å²) in [5, 5.41) is 22.1. The minimum absolute atomic E-state index is 0.582. The first-order valence-corrected chi connectivity index (χ1v) is 5.49. The lowest BCUT2D eigenvalue weighted by Gasteiger charge is -2.17. The molecule has 20 heavy (non-hydrogen) atoms. The fourth-order valence-corrected chi connectivity index (χ4v) is 1.94. The summed E-state index contributed by atoms with van der Waals surface area (Å²) in [4.78, 5) is 26.8. The van der Waals surface area contributed by atoms with Crippen LogP contribution in [0.25, 0.3) is 10.4 Å². The zero-order valence-electron chi connectivity index (χ0n) is 9.88. The van der Waals surface area contributed by atoms with E-state index in [4.69, 9.17) is 15.4 Å². The molecule has 1 aliphatic heterocycles. The molecule has 0 aliphatic carbocycles. The fourth-order valence-electron chi connectivity index (χ4n) is 1.94. The maximum Gasteiger partial charge on any atom is 0.330 e. The number of nitrogens with one attached hydrogen (secondary N) is 1. The summed E-state index contributed by atoms with van der Waals surface area (Å²) in [6, 6.07) is -1.25. The van der Waals surface area contributed by atoms with Crippen molar-refractivity contribution < 1.29 is 19.3 Å². The molecule has 3 N–H and O–H groups in total. The molecule has 1 saturated heterocycles. The highest BCUT2D eigenvalue weighted by Gasteiger charge is 2.44. The lowest BCUT2D eigenvalue weighted by atomic mass is 10.1. The van der Waals surface area contributed by atoms with Gasteiger partial charge < -0.3 is 14.9 Å². The van der Waals surface area contributed by atoms with Gasteiger partial charge in [-0.1, -0.05) is 5.11 Å². The van der Waals surface area contributed by atoms with Crippen molar-refractivity contribution in [3.63, 3.8) is 0 Å². The second-order valence-electron chi connectivity index (χ2n) is 4.08. The van der Waals surface area contributed by atoms with Crippen LogP contribution in [0.5, 0.6) is 0 Å². The number of rotatable bonds is 3. The average molecular weight is 287 g/mol. The molecule has 0 radical (unpaired) electrons. The number of H-pyrrole nitrogens is 1. The maximum absolute atomic E-state index is 13.2. The predicted molar refractivity (Wildman–Crippen MR) is 61.2 cm³/mol. The molecule has 0 unspecified atom stereocenters. The van der Waals surface area contributed by atoms with Crippen molar-refractivity contribution in [3.8, 4) is 0 Å². The topological polar surface area (TPSA) is 153 Å². The van der Waals surface area contributed by atoms with E-state index in [-0.39, 0.29) is 0 Å². The van der Waals surface area contributed by atoms with Gasteiger partial charge in [0, 0.05) is 4.91 Å². The van der Waals surface area contributed by atoms with Crippen LogP contribution in [0.3, 0.4) is 0 Å². The molecule has 1 fully saturated rings. The van der Waals surface area contributed by atoms with Crippen LogP contribution in [0.4, 0.5) is 4.39 Å². The van der Waals surface area contributed by atoms with Gasteiger partial charge in [0.05, 0.1) is 18.9 Å². The van der Waals surface area contributed by atoms with Crippen molar-refractivity contribution in [1.29, 1.82) is 0 Å². The van der Waals surface area contributed by atoms with Crippen LogP contribution in [0.2, 0.25) is 0 Å². The van der Waals surface area contributed by atoms with Crippen molar-refractivity contribution in [1.82, 2.24) is 9.55 Å². The Bertz CT molecular complexity index is 665. The number of aromatic amines is 1. The summed E-state index contributed by atoms with van der Waals surface area (Å²) in [6.07, 6.45) is -3.23. The molecule has 2 rings (SSSR count). The normalized spacial score (nSPS) is 29.1. The molecule has 0 bridgehead atoms. The first-order valence-electron chi connectivity index (χ1n) is 5.49. The van der Waals surface area contributed by atoms with Gasteiger partial charge in [-0.3, -0.25) is 14.3 Å². The zero-order chi connectivity index (χ0) is 14.9. The molecular formula is C9H10FN5O5. The second kappa shape index (κ2) is 5.43. The van der Waals surface area contributed by atoms with Gasteiger partial charge in [-0.05, 0) is 5.53 Å². The molecule has 2 heterocycles. The minimum atomic E-state index is -1.37. The maximum atomic E-state index is 13.2. The van der Waals surface area contributed by atoms with Crippen molar-refractivity contribution in [2.24, 2.45) is 5.11 Å². The van der Waals surface area contributed by atoms with Crippen LogP contribution >= 0.6 is 0 Å². The minimum Gasteiger partial charge on any atom is -0.394 e. The quantitative estimate of drug-likeness (QED) is 0.354. The summed E-state index contributed by atoms with van der Waals surface area (Å²) in [5.74, 6) is -1.24. The molecule has 11 heteroatoms. The van der Waals surface area contributed by atoms with E-state index in [9.17, 15) is 19.1 Å². The van der Waals surface area contributed by atoms with Crippen molar-refractivity contribution in [3.05, 3.63) is 43.3 Å². The Kier molecular flexibility index (Phi) is 3.86. The summed E-state index contributed by atoms with van der Waals surface area (Å²) < 4.78 is 19.0. The largest absolute Gasteiger partial charge is 0.394 e. The standard InChI is InChI=1S/C9H10FN5O5/c10-3-1-15(9(19)12-7(3)18)8-5(13-14-11)6(17)4(2-16)20-8/h1,4-6,8,16-17H,2H2,(H,12,18,19)/t4-,5-,6-,8-/m1/s1. The van der Waals surface area contributed by atoms with E-state index in [0.717, 1.165) is 0 Å². The number of nitrogens with zero attached hydrogens (tertiary/aromatic N) is 4. The van der Waals surface area contributed by atoms with Crippen LogP contribution < -0.4 is 11.2 Å². The third-order valence-corrected chi connectivity index (χ3v) is 2.90. The third kappa shape index (κ3) is 2.30. The molecular weight excluding hydrogens is 277 g/mol. The van der Waals surface area contributed by atoms with Gasteiger partial charge in [-0.2, -0.15) is 4.39 Å². The third-order valence-electron chi connectivity index (χ3n) is 2.90. The summed E-state index contributed by atoms with van der Waals surface area (Å²) >= 11 is 0. The van der Waals surface area contributed by atoms with E-state index in [0.29, 0.717) is 10.8 Å². The Balaban J connectivity index is 2.50. The number of hydrogen-bond acceptors (Lipinski definition) is 6. The number of ether oxygens (including phenoxy) is 1. The Hall–Kier alpha value is -2.20. The number of aliphatic hydroxyl groups excluding tert-OH is 2. The number of hydrogen-bond donors (Lipinski definition) is 3. The molecule has 0 spiro atoms. The first-order chi connectivity index (χ1) is 9.49. The second-order valence-corrected chi connectivity index (χ2v) is 4.08. The first kappa shape index (κ1) is 14.2. The highest BCUT2D eigenvalue weighted by atomic mass is 19.1. The highest BCUT2D eigenvalue weighted by molar-refractivity contribution is 4.97. The summed E-state index contributed by atoms with van der Waals surface area (Å²) in [7, 11) is 0. The lowest BCUT2D eigenvalue weighted by molar-refractivity contribution is -0.0467. The van der Waals surface area contributed by atoms with Gasteiger partial charge in [-0.25, -0.2) is 4.79 Å². The van der Waals surface area contributed by atoms with Crippen molar-refractivity contribution in [2.75, 3.05) is 6.61 Å². The molecule has 4 atom stereocenters. The number of aromatic nitrogens is 2. The predicted octanol–water partition coefficient (Wildman–Crippen LogP) is -1.39. The molecule has 1 aliphatic rings. The fraction of sp³-hybridized carbons (Fsp3) is 0.556. The molecule has 1 aromatic rings. The molecule has 0 amide bonds. The van der Waals surface area contributed by atoms with E-state index in [1.165, 1.54) is 0 Å². The Morgan fingerprint density at radius 3 is 2.90 bits per heavy atom. The highest BCUT2D eigenvalue weighted by Crippen LogP contribution is 2.30. The van der Waals surface area contributed by atoms with Crippen LogP contribution in [0, 0.1) is 5.82 Å². The number of halogens is 1. The molecule has 0 aromatic carbocycles. The van der Waals surface area contributed by atoms with Gasteiger partial charge in [0.25, 0.3) is 5.56 Å². The van der Waals surface area contributed by atoms with Crippen LogP contribution in [-0.2, 0) is 4.74 Å². The van der Waals surface area contributed by atoms with Gasteiger partial charge >= 0.3 is 5.69 Å². The number of aliphatic hydroxyl groups is 2. The molecule has 0 saturated carbocycles. The average Bonchev–Trinajstić information content (AvgIpc) is 2.72. The Morgan fingerprint density at radius 2 is 2.30 bits per heavy atom. The van der Waals surface area contributed by atoms with E-state index in [2.05, 4.69) is 10.0 Å². The van der Waals surface area contributed by atoms with Gasteiger partial charge in [-0.15, -0.1) is 0 Å². The van der Waals surface area contributed by atoms with Gasteiger partial charge in [0.2, 0.25) is 5.82 Å². The summed E-state index contributed by atoms with van der Waals surface area (Å²) in [6.45, 7) is -0.588. The van der Waals surface area contributed by atoms with Crippen LogP contribution in [0.15, 0.2) is 20.9 Å².